The number of nitrogens with zero attached hydrogens (tertiary/aromatic N) is 2. The minimum absolute atomic E-state index is 0.0874. The lowest BCUT2D eigenvalue weighted by molar-refractivity contribution is -0.138. The van der Waals surface area contributed by atoms with Gasteiger partial charge in [-0.2, -0.15) is 0 Å². The van der Waals surface area contributed by atoms with Crippen LogP contribution in [0.5, 0.6) is 0 Å². The van der Waals surface area contributed by atoms with Gasteiger partial charge in [0.1, 0.15) is 6.33 Å². The fraction of sp³-hybridized carbons (Fsp3) is 0.556. The van der Waals surface area contributed by atoms with E-state index < -0.39 is 5.97 Å². The monoisotopic (exact) mass is 331 g/mol. The quantitative estimate of drug-likeness (QED) is 0.782. The van der Waals surface area contributed by atoms with Gasteiger partial charge in [-0.3, -0.25) is 9.59 Å². The van der Waals surface area contributed by atoms with Crippen molar-refractivity contribution in [2.45, 2.75) is 33.6 Å². The average molecular weight is 331 g/mol. The number of rotatable bonds is 6. The summed E-state index contributed by atoms with van der Waals surface area (Å²) < 4.78 is 0. The number of carbonyl (C=O) groups excluding carboxylic acids is 1. The second-order valence-electron chi connectivity index (χ2n) is 6.85. The molecule has 6 heteroatoms. The summed E-state index contributed by atoms with van der Waals surface area (Å²) in [4.78, 5) is 30.9. The van der Waals surface area contributed by atoms with E-state index >= 15 is 0 Å². The van der Waals surface area contributed by atoms with E-state index in [4.69, 9.17) is 5.11 Å². The van der Waals surface area contributed by atoms with Crippen molar-refractivity contribution in [1.29, 1.82) is 0 Å². The van der Waals surface area contributed by atoms with Gasteiger partial charge in [-0.1, -0.05) is 25.5 Å². The molecule has 2 rings (SSSR count). The first-order valence-corrected chi connectivity index (χ1v) is 8.31. The minimum atomic E-state index is -0.758. The van der Waals surface area contributed by atoms with Gasteiger partial charge in [-0.15, -0.1) is 0 Å². The maximum atomic E-state index is 12.2. The maximum Gasteiger partial charge on any atom is 0.303 e. The summed E-state index contributed by atoms with van der Waals surface area (Å²) in [6.45, 7) is 6.82. The average Bonchev–Trinajstić information content (AvgIpc) is 2.54. The molecule has 1 amide bonds. The first kappa shape index (κ1) is 18.1. The molecule has 1 aliphatic rings. The van der Waals surface area contributed by atoms with Gasteiger partial charge in [0, 0.05) is 18.9 Å². The number of carbonyl (C=O) groups is 2. The molecular formula is C18H25N3O3. The molecule has 0 saturated carbocycles. The van der Waals surface area contributed by atoms with Crippen LogP contribution in [-0.4, -0.2) is 33.5 Å². The van der Waals surface area contributed by atoms with Crippen LogP contribution < -0.4 is 5.32 Å². The zero-order chi connectivity index (χ0) is 17.7. The Balaban J connectivity index is 2.05. The van der Waals surface area contributed by atoms with Gasteiger partial charge in [-0.05, 0) is 37.0 Å². The van der Waals surface area contributed by atoms with Crippen LogP contribution in [0.1, 0.15) is 44.0 Å². The van der Waals surface area contributed by atoms with Crippen molar-refractivity contribution in [3.05, 3.63) is 35.9 Å². The van der Waals surface area contributed by atoms with Gasteiger partial charge >= 0.3 is 5.97 Å². The van der Waals surface area contributed by atoms with E-state index in [1.165, 1.54) is 18.7 Å². The molecule has 1 aromatic rings. The van der Waals surface area contributed by atoms with Crippen molar-refractivity contribution in [2.24, 2.45) is 23.7 Å². The number of carboxylic acid groups (broad SMARTS) is 1. The lowest BCUT2D eigenvalue weighted by atomic mass is 9.70. The highest BCUT2D eigenvalue weighted by atomic mass is 16.4. The Morgan fingerprint density at radius 1 is 1.33 bits per heavy atom. The second-order valence-corrected chi connectivity index (χ2v) is 6.85. The maximum absolute atomic E-state index is 12.2. The van der Waals surface area contributed by atoms with Crippen molar-refractivity contribution >= 4 is 11.9 Å². The number of aromatic nitrogens is 2. The van der Waals surface area contributed by atoms with Crippen LogP contribution in [0, 0.1) is 23.7 Å². The Hall–Kier alpha value is -2.24. The van der Waals surface area contributed by atoms with Crippen molar-refractivity contribution in [2.75, 3.05) is 6.54 Å². The van der Waals surface area contributed by atoms with Crippen molar-refractivity contribution in [3.8, 4) is 0 Å². The summed E-state index contributed by atoms with van der Waals surface area (Å²) in [6, 6.07) is 0. The first-order chi connectivity index (χ1) is 11.4. The van der Waals surface area contributed by atoms with Gasteiger partial charge in [0.15, 0.2) is 0 Å². The summed E-state index contributed by atoms with van der Waals surface area (Å²) in [5, 5.41) is 12.0. The molecule has 0 radical (unpaired) electrons. The topological polar surface area (TPSA) is 92.2 Å². The van der Waals surface area contributed by atoms with Crippen LogP contribution in [0.25, 0.3) is 0 Å². The number of nitrogens with one attached hydrogen (secondary N) is 1. The van der Waals surface area contributed by atoms with Gasteiger partial charge in [0.2, 0.25) is 0 Å². The summed E-state index contributed by atoms with van der Waals surface area (Å²) in [5.41, 5.74) is 1.55. The Labute approximate surface area is 142 Å². The molecule has 1 aliphatic carbocycles. The molecule has 1 heterocycles. The zero-order valence-electron chi connectivity index (χ0n) is 14.4. The summed E-state index contributed by atoms with van der Waals surface area (Å²) in [5.74, 6) is 0.133. The number of carboxylic acids is 1. The van der Waals surface area contributed by atoms with E-state index in [1.54, 1.807) is 0 Å². The Bertz CT molecular complexity index is 613. The van der Waals surface area contributed by atoms with Crippen LogP contribution in [-0.2, 0) is 4.79 Å². The molecule has 130 valence electrons. The minimum Gasteiger partial charge on any atom is -0.481 e. The predicted octanol–water partition coefficient (Wildman–Crippen LogP) is 2.54. The van der Waals surface area contributed by atoms with Crippen molar-refractivity contribution in [1.82, 2.24) is 15.3 Å². The normalized spacial score (nSPS) is 23.7. The van der Waals surface area contributed by atoms with Gasteiger partial charge in [-0.25, -0.2) is 9.97 Å². The molecule has 6 nitrogen and oxygen atoms in total. The van der Waals surface area contributed by atoms with E-state index in [0.29, 0.717) is 23.9 Å². The van der Waals surface area contributed by atoms with Gasteiger partial charge in [0.05, 0.1) is 12.0 Å². The van der Waals surface area contributed by atoms with E-state index in [2.05, 4.69) is 35.2 Å². The highest BCUT2D eigenvalue weighted by Gasteiger charge is 2.32. The lowest BCUT2D eigenvalue weighted by Gasteiger charge is -2.36. The molecule has 3 atom stereocenters. The third-order valence-corrected chi connectivity index (χ3v) is 4.83. The standard InChI is InChI=1S/C18H25N3O3/c1-11(2)16-5-13(6-17(22)23)12(3)4-14(16)9-21-18(24)15-7-19-10-20-8-15/h4,7-8,10-11,13-14,16H,5-6,9H2,1-3H3,(H,21,24)(H,22,23)/t13-,14-,16-/m0/s1. The molecular weight excluding hydrogens is 306 g/mol. The van der Waals surface area contributed by atoms with Crippen LogP contribution in [0.3, 0.4) is 0 Å². The van der Waals surface area contributed by atoms with E-state index in [9.17, 15) is 9.59 Å². The van der Waals surface area contributed by atoms with Crippen LogP contribution in [0.2, 0.25) is 0 Å². The Morgan fingerprint density at radius 2 is 2.00 bits per heavy atom. The number of hydrogen-bond donors (Lipinski definition) is 2. The highest BCUT2D eigenvalue weighted by molar-refractivity contribution is 5.93. The predicted molar refractivity (Wildman–Crippen MR) is 90.3 cm³/mol. The fourth-order valence-corrected chi connectivity index (χ4v) is 3.45. The lowest BCUT2D eigenvalue weighted by Crippen LogP contribution is -2.37. The number of aliphatic carboxylic acids is 1. The molecule has 1 aromatic heterocycles. The van der Waals surface area contributed by atoms with E-state index in [-0.39, 0.29) is 24.2 Å². The largest absolute Gasteiger partial charge is 0.481 e. The molecule has 2 N–H and O–H groups in total. The highest BCUT2D eigenvalue weighted by Crippen LogP contribution is 2.38. The third-order valence-electron chi connectivity index (χ3n) is 4.83. The molecule has 0 saturated heterocycles. The summed E-state index contributed by atoms with van der Waals surface area (Å²) in [7, 11) is 0. The zero-order valence-corrected chi connectivity index (χ0v) is 14.4. The number of hydrogen-bond acceptors (Lipinski definition) is 4. The second kappa shape index (κ2) is 8.04. The van der Waals surface area contributed by atoms with Crippen molar-refractivity contribution < 1.29 is 14.7 Å². The van der Waals surface area contributed by atoms with Crippen LogP contribution >= 0.6 is 0 Å². The van der Waals surface area contributed by atoms with Gasteiger partial charge < -0.3 is 10.4 Å². The first-order valence-electron chi connectivity index (χ1n) is 8.31. The molecule has 0 aromatic carbocycles. The van der Waals surface area contributed by atoms with E-state index in [1.807, 2.05) is 6.92 Å². The van der Waals surface area contributed by atoms with Gasteiger partial charge in [0.25, 0.3) is 5.91 Å². The smallest absolute Gasteiger partial charge is 0.303 e. The van der Waals surface area contributed by atoms with Crippen LogP contribution in [0.15, 0.2) is 30.4 Å². The summed E-state index contributed by atoms with van der Waals surface area (Å²) in [6.07, 6.45) is 7.54. The molecule has 0 aliphatic heterocycles. The molecule has 0 fully saturated rings. The Kier molecular flexibility index (Phi) is 6.06. The third kappa shape index (κ3) is 4.63. The number of amides is 1. The molecule has 0 bridgehead atoms. The Morgan fingerprint density at radius 3 is 2.58 bits per heavy atom. The summed E-state index contributed by atoms with van der Waals surface area (Å²) >= 11 is 0. The molecule has 24 heavy (non-hydrogen) atoms. The number of allylic oxidation sites excluding steroid dienone is 1. The fourth-order valence-electron chi connectivity index (χ4n) is 3.45. The van der Waals surface area contributed by atoms with E-state index in [0.717, 1.165) is 12.0 Å². The van der Waals surface area contributed by atoms with Crippen molar-refractivity contribution in [3.63, 3.8) is 0 Å². The SMILES string of the molecule is CC1=C[C@@H](CNC(=O)c2cncnc2)[C@H](C(C)C)C[C@H]1CC(=O)O. The molecule has 0 unspecified atom stereocenters. The molecule has 0 spiro atoms. The van der Waals surface area contributed by atoms with Crippen LogP contribution in [0.4, 0.5) is 0 Å².